The van der Waals surface area contributed by atoms with Gasteiger partial charge in [0.15, 0.2) is 9.84 Å². The summed E-state index contributed by atoms with van der Waals surface area (Å²) in [4.78, 5) is 19.9. The lowest BCUT2D eigenvalue weighted by atomic mass is 10.2. The molecule has 2 aromatic rings. The van der Waals surface area contributed by atoms with E-state index < -0.39 is 15.8 Å². The van der Waals surface area contributed by atoms with Crippen LogP contribution in [-0.2, 0) is 14.6 Å². The van der Waals surface area contributed by atoms with E-state index in [1.54, 1.807) is 26.0 Å². The second-order valence-electron chi connectivity index (χ2n) is 5.09. The molecule has 1 aromatic carbocycles. The van der Waals surface area contributed by atoms with Gasteiger partial charge in [-0.1, -0.05) is 0 Å². The second-order valence-corrected chi connectivity index (χ2v) is 7.10. The lowest BCUT2D eigenvalue weighted by molar-refractivity contribution is 0.0527. The van der Waals surface area contributed by atoms with Gasteiger partial charge in [-0.25, -0.2) is 18.2 Å². The average molecular weight is 350 g/mol. The summed E-state index contributed by atoms with van der Waals surface area (Å²) in [6.45, 7) is 3.67. The van der Waals surface area contributed by atoms with Gasteiger partial charge in [0.1, 0.15) is 11.4 Å². The number of rotatable bonds is 5. The van der Waals surface area contributed by atoms with Crippen molar-refractivity contribution in [3.05, 3.63) is 35.5 Å². The smallest absolute Gasteiger partial charge is 0.343 e. The molecule has 0 amide bonds. The van der Waals surface area contributed by atoms with Crippen molar-refractivity contribution in [1.29, 1.82) is 0 Å². The van der Waals surface area contributed by atoms with Crippen LogP contribution in [0, 0.1) is 6.92 Å². The molecule has 0 aliphatic heterocycles. The first kappa shape index (κ1) is 17.7. The Bertz CT molecular complexity index is 881. The molecular formula is C15H18N4O4S. The molecular weight excluding hydrogens is 332 g/mol. The number of ether oxygens (including phenoxy) is 1. The van der Waals surface area contributed by atoms with Crippen LogP contribution < -0.4 is 11.1 Å². The van der Waals surface area contributed by atoms with Gasteiger partial charge in [0, 0.05) is 18.1 Å². The van der Waals surface area contributed by atoms with Crippen LogP contribution in [0.1, 0.15) is 22.8 Å². The number of aryl methyl sites for hydroxylation is 1. The highest BCUT2D eigenvalue weighted by atomic mass is 32.2. The van der Waals surface area contributed by atoms with Crippen LogP contribution in [0.15, 0.2) is 29.3 Å². The molecule has 0 atom stereocenters. The number of sulfone groups is 1. The number of anilines is 3. The predicted molar refractivity (Wildman–Crippen MR) is 90.0 cm³/mol. The number of nitrogens with zero attached hydrogens (tertiary/aromatic N) is 2. The molecule has 0 radical (unpaired) electrons. The topological polar surface area (TPSA) is 124 Å². The largest absolute Gasteiger partial charge is 0.462 e. The van der Waals surface area contributed by atoms with Gasteiger partial charge in [-0.2, -0.15) is 4.98 Å². The summed E-state index contributed by atoms with van der Waals surface area (Å²) in [5.74, 6) is -0.401. The molecule has 0 saturated heterocycles. The number of nitrogens with one attached hydrogen (secondary N) is 1. The summed E-state index contributed by atoms with van der Waals surface area (Å²) >= 11 is 0. The van der Waals surface area contributed by atoms with Crippen molar-refractivity contribution in [3.8, 4) is 0 Å². The summed E-state index contributed by atoms with van der Waals surface area (Å²) in [6.07, 6.45) is 2.43. The Hall–Kier alpha value is -2.68. The maximum atomic E-state index is 11.7. The summed E-state index contributed by atoms with van der Waals surface area (Å²) in [5.41, 5.74) is 7.18. The molecule has 0 aliphatic rings. The van der Waals surface area contributed by atoms with Crippen LogP contribution in [0.4, 0.5) is 17.5 Å². The number of esters is 1. The number of nitrogen functional groups attached to an aromatic ring is 1. The van der Waals surface area contributed by atoms with E-state index in [9.17, 15) is 13.2 Å². The SMILES string of the molecule is CCOC(=O)c1cnc(Nc2ccc(S(C)(=O)=O)cc2C)nc1N. The van der Waals surface area contributed by atoms with Gasteiger partial charge in [-0.05, 0) is 37.6 Å². The fourth-order valence-electron chi connectivity index (χ4n) is 1.95. The van der Waals surface area contributed by atoms with E-state index in [-0.39, 0.29) is 28.8 Å². The summed E-state index contributed by atoms with van der Waals surface area (Å²) in [5, 5.41) is 2.94. The third-order valence-electron chi connectivity index (χ3n) is 3.19. The van der Waals surface area contributed by atoms with E-state index in [1.165, 1.54) is 12.3 Å². The Morgan fingerprint density at radius 2 is 2.08 bits per heavy atom. The highest BCUT2D eigenvalue weighted by Crippen LogP contribution is 2.22. The molecule has 0 fully saturated rings. The van der Waals surface area contributed by atoms with E-state index in [2.05, 4.69) is 15.3 Å². The Morgan fingerprint density at radius 1 is 1.38 bits per heavy atom. The van der Waals surface area contributed by atoms with E-state index in [0.29, 0.717) is 11.3 Å². The van der Waals surface area contributed by atoms with Crippen molar-refractivity contribution in [2.75, 3.05) is 23.9 Å². The minimum Gasteiger partial charge on any atom is -0.462 e. The van der Waals surface area contributed by atoms with Gasteiger partial charge in [0.25, 0.3) is 0 Å². The Kier molecular flexibility index (Phi) is 5.03. The average Bonchev–Trinajstić information content (AvgIpc) is 2.48. The predicted octanol–water partition coefficient (Wildman–Crippen LogP) is 1.69. The molecule has 3 N–H and O–H groups in total. The van der Waals surface area contributed by atoms with E-state index in [0.717, 1.165) is 6.26 Å². The number of hydrogen-bond donors (Lipinski definition) is 2. The monoisotopic (exact) mass is 350 g/mol. The quantitative estimate of drug-likeness (QED) is 0.781. The molecule has 1 aromatic heterocycles. The van der Waals surface area contributed by atoms with Crippen molar-refractivity contribution in [1.82, 2.24) is 9.97 Å². The van der Waals surface area contributed by atoms with Crippen LogP contribution in [0.5, 0.6) is 0 Å². The molecule has 0 unspecified atom stereocenters. The standard InChI is InChI=1S/C15H18N4O4S/c1-4-23-14(20)11-8-17-15(19-13(11)16)18-12-6-5-10(7-9(12)2)24(3,21)22/h5-8H,4H2,1-3H3,(H3,16,17,18,19). The summed E-state index contributed by atoms with van der Waals surface area (Å²) in [7, 11) is -3.27. The number of aromatic nitrogens is 2. The number of hydrogen-bond acceptors (Lipinski definition) is 8. The van der Waals surface area contributed by atoms with Gasteiger partial charge in [-0.15, -0.1) is 0 Å². The third-order valence-corrected chi connectivity index (χ3v) is 4.30. The van der Waals surface area contributed by atoms with Crippen molar-refractivity contribution in [3.63, 3.8) is 0 Å². The second kappa shape index (κ2) is 6.83. The minimum atomic E-state index is -3.27. The fourth-order valence-corrected chi connectivity index (χ4v) is 2.65. The van der Waals surface area contributed by atoms with Gasteiger partial charge < -0.3 is 15.8 Å². The lowest BCUT2D eigenvalue weighted by Gasteiger charge is -2.11. The number of carbonyl (C=O) groups is 1. The first-order chi connectivity index (χ1) is 11.2. The number of carbonyl (C=O) groups excluding carboxylic acids is 1. The number of benzene rings is 1. The van der Waals surface area contributed by atoms with Crippen molar-refractivity contribution < 1.29 is 17.9 Å². The first-order valence-electron chi connectivity index (χ1n) is 7.09. The van der Waals surface area contributed by atoms with Crippen LogP contribution >= 0.6 is 0 Å². The molecule has 0 aliphatic carbocycles. The van der Waals surface area contributed by atoms with Crippen LogP contribution in [0.2, 0.25) is 0 Å². The van der Waals surface area contributed by atoms with Crippen LogP contribution in [-0.4, -0.2) is 37.2 Å². The molecule has 0 bridgehead atoms. The molecule has 24 heavy (non-hydrogen) atoms. The molecule has 128 valence electrons. The summed E-state index contributed by atoms with van der Waals surface area (Å²) < 4.78 is 28.0. The zero-order valence-corrected chi connectivity index (χ0v) is 14.3. The Morgan fingerprint density at radius 3 is 2.62 bits per heavy atom. The van der Waals surface area contributed by atoms with Crippen LogP contribution in [0.25, 0.3) is 0 Å². The highest BCUT2D eigenvalue weighted by Gasteiger charge is 2.14. The van der Waals surface area contributed by atoms with E-state index >= 15 is 0 Å². The van der Waals surface area contributed by atoms with Gasteiger partial charge in [-0.3, -0.25) is 0 Å². The maximum absolute atomic E-state index is 11.7. The van der Waals surface area contributed by atoms with Crippen molar-refractivity contribution >= 4 is 33.3 Å². The summed E-state index contributed by atoms with van der Waals surface area (Å²) in [6, 6.07) is 4.65. The number of nitrogens with two attached hydrogens (primary N) is 1. The highest BCUT2D eigenvalue weighted by molar-refractivity contribution is 7.90. The first-order valence-corrected chi connectivity index (χ1v) is 8.99. The van der Waals surface area contributed by atoms with E-state index in [1.807, 2.05) is 0 Å². The van der Waals surface area contributed by atoms with Gasteiger partial charge >= 0.3 is 5.97 Å². The van der Waals surface area contributed by atoms with E-state index in [4.69, 9.17) is 10.5 Å². The van der Waals surface area contributed by atoms with Crippen molar-refractivity contribution in [2.45, 2.75) is 18.7 Å². The normalized spacial score (nSPS) is 11.1. The molecule has 0 spiro atoms. The van der Waals surface area contributed by atoms with Crippen LogP contribution in [0.3, 0.4) is 0 Å². The minimum absolute atomic E-state index is 0.00337. The zero-order chi connectivity index (χ0) is 17.9. The molecule has 0 saturated carbocycles. The molecule has 1 heterocycles. The fraction of sp³-hybridized carbons (Fsp3) is 0.267. The molecule has 8 nitrogen and oxygen atoms in total. The maximum Gasteiger partial charge on any atom is 0.343 e. The van der Waals surface area contributed by atoms with Gasteiger partial charge in [0.2, 0.25) is 5.95 Å². The molecule has 9 heteroatoms. The Balaban J connectivity index is 2.26. The molecule has 2 rings (SSSR count). The Labute approximate surface area is 140 Å². The third kappa shape index (κ3) is 3.99. The zero-order valence-electron chi connectivity index (χ0n) is 13.5. The van der Waals surface area contributed by atoms with Crippen molar-refractivity contribution in [2.24, 2.45) is 0 Å². The van der Waals surface area contributed by atoms with Gasteiger partial charge in [0.05, 0.1) is 11.5 Å². The lowest BCUT2D eigenvalue weighted by Crippen LogP contribution is -2.11.